The second kappa shape index (κ2) is 8.00. The first-order valence-electron chi connectivity index (χ1n) is 9.19. The highest BCUT2D eigenvalue weighted by Crippen LogP contribution is 2.27. The fourth-order valence-electron chi connectivity index (χ4n) is 3.30. The van der Waals surface area contributed by atoms with Crippen LogP contribution in [0, 0.1) is 5.92 Å². The van der Waals surface area contributed by atoms with Crippen LogP contribution in [0.2, 0.25) is 0 Å². The summed E-state index contributed by atoms with van der Waals surface area (Å²) in [6, 6.07) is 9.06. The minimum absolute atomic E-state index is 0.0741. The summed E-state index contributed by atoms with van der Waals surface area (Å²) in [7, 11) is 1.61. The van der Waals surface area contributed by atoms with Crippen molar-refractivity contribution in [3.05, 3.63) is 41.7 Å². The lowest BCUT2D eigenvalue weighted by Gasteiger charge is -2.38. The molecule has 27 heavy (non-hydrogen) atoms. The molecule has 7 heteroatoms. The number of hydrogen-bond donors (Lipinski definition) is 2. The number of carbonyl (C=O) groups excluding carboxylic acids is 1. The van der Waals surface area contributed by atoms with Crippen molar-refractivity contribution in [2.45, 2.75) is 38.9 Å². The summed E-state index contributed by atoms with van der Waals surface area (Å²) in [6.45, 7) is 5.11. The Morgan fingerprint density at radius 3 is 2.89 bits per heavy atom. The van der Waals surface area contributed by atoms with Gasteiger partial charge < -0.3 is 19.5 Å². The largest absolute Gasteiger partial charge is 0.497 e. The van der Waals surface area contributed by atoms with Gasteiger partial charge in [-0.2, -0.15) is 5.10 Å². The normalized spacial score (nSPS) is 17.6. The van der Waals surface area contributed by atoms with Crippen molar-refractivity contribution >= 4 is 5.91 Å². The highest BCUT2D eigenvalue weighted by molar-refractivity contribution is 5.92. The number of ether oxygens (including phenoxy) is 2. The number of nitrogens with zero attached hydrogens (tertiary/aromatic N) is 2. The smallest absolute Gasteiger partial charge is 0.274 e. The Morgan fingerprint density at radius 2 is 2.15 bits per heavy atom. The van der Waals surface area contributed by atoms with Crippen LogP contribution in [-0.2, 0) is 6.61 Å². The second-order valence-corrected chi connectivity index (χ2v) is 7.49. The zero-order valence-corrected chi connectivity index (χ0v) is 16.1. The third-order valence-corrected chi connectivity index (χ3v) is 4.99. The van der Waals surface area contributed by atoms with Crippen molar-refractivity contribution in [1.29, 1.82) is 0 Å². The molecular formula is C20H27N3O4. The predicted molar refractivity (Wildman–Crippen MR) is 101 cm³/mol. The number of benzene rings is 1. The lowest BCUT2D eigenvalue weighted by atomic mass is 9.84. The molecule has 0 bridgehead atoms. The molecule has 1 aromatic heterocycles. The number of rotatable bonds is 6. The summed E-state index contributed by atoms with van der Waals surface area (Å²) in [6.07, 6.45) is 1.81. The number of methoxy groups -OCH3 is 1. The summed E-state index contributed by atoms with van der Waals surface area (Å²) >= 11 is 0. The topological polar surface area (TPSA) is 87.7 Å². The molecule has 0 saturated carbocycles. The van der Waals surface area contributed by atoms with Gasteiger partial charge in [0.25, 0.3) is 5.91 Å². The molecular weight excluding hydrogens is 346 g/mol. The Labute approximate surface area is 159 Å². The SMILES string of the molecule is COc1cccc(OCc2cc(C(=O)N3CCC[C@@H](C(C)(C)O)C3)n[nH]2)c1. The monoisotopic (exact) mass is 373 g/mol. The average molecular weight is 373 g/mol. The van der Waals surface area contributed by atoms with Gasteiger partial charge in [0.05, 0.1) is 18.4 Å². The van der Waals surface area contributed by atoms with Crippen molar-refractivity contribution < 1.29 is 19.4 Å². The zero-order chi connectivity index (χ0) is 19.4. The molecule has 0 spiro atoms. The third-order valence-electron chi connectivity index (χ3n) is 4.99. The van der Waals surface area contributed by atoms with Crippen LogP contribution < -0.4 is 9.47 Å². The highest BCUT2D eigenvalue weighted by atomic mass is 16.5. The quantitative estimate of drug-likeness (QED) is 0.813. The van der Waals surface area contributed by atoms with Crippen molar-refractivity contribution in [3.63, 3.8) is 0 Å². The van der Waals surface area contributed by atoms with Gasteiger partial charge in [0.15, 0.2) is 5.69 Å². The first-order chi connectivity index (χ1) is 12.9. The number of hydrogen-bond acceptors (Lipinski definition) is 5. The summed E-state index contributed by atoms with van der Waals surface area (Å²) in [5.74, 6) is 1.36. The Balaban J connectivity index is 1.60. The standard InChI is InChI=1S/C20H27N3O4/c1-20(2,25)14-6-5-9-23(12-14)19(24)18-10-15(21-22-18)13-27-17-8-4-7-16(11-17)26-3/h4,7-8,10-11,14,25H,5-6,9,12-13H2,1-3H3,(H,21,22)/t14-/m1/s1. The molecule has 146 valence electrons. The molecule has 0 aliphatic carbocycles. The third kappa shape index (κ3) is 4.80. The van der Waals surface area contributed by atoms with Gasteiger partial charge in [0, 0.05) is 25.1 Å². The lowest BCUT2D eigenvalue weighted by Crippen LogP contribution is -2.47. The molecule has 1 amide bonds. The summed E-state index contributed by atoms with van der Waals surface area (Å²) in [5.41, 5.74) is 0.299. The maximum Gasteiger partial charge on any atom is 0.274 e. The number of likely N-dealkylation sites (tertiary alicyclic amines) is 1. The van der Waals surface area contributed by atoms with E-state index in [2.05, 4.69) is 10.2 Å². The van der Waals surface area contributed by atoms with E-state index in [-0.39, 0.29) is 18.4 Å². The molecule has 1 fully saturated rings. The highest BCUT2D eigenvalue weighted by Gasteiger charge is 2.33. The molecule has 2 aromatic rings. The van der Waals surface area contributed by atoms with E-state index in [1.807, 2.05) is 18.2 Å². The minimum atomic E-state index is -0.791. The van der Waals surface area contributed by atoms with Crippen LogP contribution in [0.15, 0.2) is 30.3 Å². The Bertz CT molecular complexity index is 782. The van der Waals surface area contributed by atoms with Gasteiger partial charge in [-0.05, 0) is 44.9 Å². The van der Waals surface area contributed by atoms with Gasteiger partial charge in [-0.15, -0.1) is 0 Å². The Hall–Kier alpha value is -2.54. The summed E-state index contributed by atoms with van der Waals surface area (Å²) in [5, 5.41) is 17.3. The van der Waals surface area contributed by atoms with E-state index in [4.69, 9.17) is 9.47 Å². The second-order valence-electron chi connectivity index (χ2n) is 7.49. The predicted octanol–water partition coefficient (Wildman–Crippen LogP) is 2.62. The molecule has 1 aliphatic heterocycles. The molecule has 1 aliphatic rings. The van der Waals surface area contributed by atoms with Gasteiger partial charge >= 0.3 is 0 Å². The van der Waals surface area contributed by atoms with E-state index in [1.165, 1.54) is 0 Å². The van der Waals surface area contributed by atoms with Crippen LogP contribution in [0.1, 0.15) is 42.9 Å². The number of aromatic nitrogens is 2. The van der Waals surface area contributed by atoms with Crippen molar-refractivity contribution in [1.82, 2.24) is 15.1 Å². The van der Waals surface area contributed by atoms with E-state index >= 15 is 0 Å². The van der Waals surface area contributed by atoms with Gasteiger partial charge in [0.1, 0.15) is 18.1 Å². The van der Waals surface area contributed by atoms with E-state index in [1.54, 1.807) is 38.0 Å². The molecule has 1 atom stereocenters. The molecule has 2 N–H and O–H groups in total. The minimum Gasteiger partial charge on any atom is -0.497 e. The zero-order valence-electron chi connectivity index (χ0n) is 16.1. The van der Waals surface area contributed by atoms with Gasteiger partial charge in [-0.25, -0.2) is 0 Å². The molecule has 3 rings (SSSR count). The van der Waals surface area contributed by atoms with Crippen LogP contribution in [-0.4, -0.2) is 51.9 Å². The lowest BCUT2D eigenvalue weighted by molar-refractivity contribution is -0.0147. The molecule has 7 nitrogen and oxygen atoms in total. The molecule has 0 radical (unpaired) electrons. The van der Waals surface area contributed by atoms with E-state index < -0.39 is 5.60 Å². The number of nitrogens with one attached hydrogen (secondary N) is 1. The van der Waals surface area contributed by atoms with Gasteiger partial charge in [-0.3, -0.25) is 9.89 Å². The van der Waals surface area contributed by atoms with Gasteiger partial charge in [-0.1, -0.05) is 6.07 Å². The van der Waals surface area contributed by atoms with E-state index in [0.717, 1.165) is 24.3 Å². The average Bonchev–Trinajstić information content (AvgIpc) is 3.14. The molecule has 1 saturated heterocycles. The number of carbonyl (C=O) groups is 1. The number of aromatic amines is 1. The van der Waals surface area contributed by atoms with Crippen molar-refractivity contribution in [3.8, 4) is 11.5 Å². The van der Waals surface area contributed by atoms with Crippen molar-refractivity contribution in [2.24, 2.45) is 5.92 Å². The fourth-order valence-corrected chi connectivity index (χ4v) is 3.30. The van der Waals surface area contributed by atoms with E-state index in [0.29, 0.717) is 24.5 Å². The van der Waals surface area contributed by atoms with Crippen LogP contribution in [0.5, 0.6) is 11.5 Å². The van der Waals surface area contributed by atoms with Gasteiger partial charge in [0.2, 0.25) is 0 Å². The summed E-state index contributed by atoms with van der Waals surface area (Å²) < 4.78 is 10.9. The number of aliphatic hydroxyl groups is 1. The fraction of sp³-hybridized carbons (Fsp3) is 0.500. The molecule has 1 aromatic carbocycles. The maximum atomic E-state index is 12.7. The maximum absolute atomic E-state index is 12.7. The Kier molecular flexibility index (Phi) is 5.70. The Morgan fingerprint density at radius 1 is 1.37 bits per heavy atom. The van der Waals surface area contributed by atoms with Crippen LogP contribution in [0.3, 0.4) is 0 Å². The van der Waals surface area contributed by atoms with Crippen LogP contribution in [0.4, 0.5) is 0 Å². The van der Waals surface area contributed by atoms with Crippen LogP contribution in [0.25, 0.3) is 0 Å². The van der Waals surface area contributed by atoms with E-state index in [9.17, 15) is 9.90 Å². The molecule has 2 heterocycles. The van der Waals surface area contributed by atoms with Crippen LogP contribution >= 0.6 is 0 Å². The molecule has 0 unspecified atom stereocenters. The summed E-state index contributed by atoms with van der Waals surface area (Å²) in [4.78, 5) is 14.5. The number of amides is 1. The first kappa shape index (κ1) is 19.2. The van der Waals surface area contributed by atoms with Crippen molar-refractivity contribution in [2.75, 3.05) is 20.2 Å². The first-order valence-corrected chi connectivity index (χ1v) is 9.19. The number of H-pyrrole nitrogens is 1. The number of piperidine rings is 1.